The van der Waals surface area contributed by atoms with E-state index in [4.69, 9.17) is 17.3 Å². The Morgan fingerprint density at radius 3 is 2.62 bits per heavy atom. The Hall–Kier alpha value is -0.150. The van der Waals surface area contributed by atoms with Crippen LogP contribution in [0.4, 0.5) is 0 Å². The zero-order chi connectivity index (χ0) is 12.5. The Kier molecular flexibility index (Phi) is 4.35. The van der Waals surface area contributed by atoms with Crippen LogP contribution in [-0.4, -0.2) is 32.2 Å². The normalized spacial score (nSPS) is 12.0. The van der Waals surface area contributed by atoms with Gasteiger partial charge in [0.2, 0.25) is 5.91 Å². The van der Waals surface area contributed by atoms with Crippen molar-refractivity contribution in [3.8, 4) is 0 Å². The Morgan fingerprint density at radius 1 is 1.69 bits per heavy atom. The molecule has 0 bridgehead atoms. The molecule has 1 rings (SSSR count). The van der Waals surface area contributed by atoms with E-state index in [9.17, 15) is 13.2 Å². The molecule has 0 fully saturated rings. The summed E-state index contributed by atoms with van der Waals surface area (Å²) in [5.74, 6) is -0.715. The standard InChI is InChI=1S/C7H8BrClN2O3S2/c1-11(3-5(10)12)16(13,14)6-2-4(9)7(8)15-6/h2H,3H2,1H3,(H2,10,12). The van der Waals surface area contributed by atoms with Crippen molar-refractivity contribution in [3.05, 3.63) is 14.9 Å². The van der Waals surface area contributed by atoms with Gasteiger partial charge in [-0.15, -0.1) is 11.3 Å². The van der Waals surface area contributed by atoms with Crippen LogP contribution in [0.15, 0.2) is 14.1 Å². The molecule has 0 saturated carbocycles. The Morgan fingerprint density at radius 2 is 2.25 bits per heavy atom. The number of amides is 1. The van der Waals surface area contributed by atoms with Gasteiger partial charge in [-0.3, -0.25) is 4.79 Å². The zero-order valence-electron chi connectivity index (χ0n) is 8.11. The van der Waals surface area contributed by atoms with Crippen molar-refractivity contribution in [1.82, 2.24) is 4.31 Å². The highest BCUT2D eigenvalue weighted by Crippen LogP contribution is 2.35. The first-order chi connectivity index (χ1) is 7.25. The predicted octanol–water partition coefficient (Wildman–Crippen LogP) is 1.27. The number of sulfonamides is 1. The summed E-state index contributed by atoms with van der Waals surface area (Å²) in [6, 6.07) is 1.32. The third-order valence-corrected chi connectivity index (χ3v) is 6.39. The van der Waals surface area contributed by atoms with Gasteiger partial charge in [-0.2, -0.15) is 4.31 Å². The summed E-state index contributed by atoms with van der Waals surface area (Å²) in [5, 5.41) is 0.316. The number of carbonyl (C=O) groups excluding carboxylic acids is 1. The van der Waals surface area contributed by atoms with Crippen molar-refractivity contribution in [2.75, 3.05) is 13.6 Å². The van der Waals surface area contributed by atoms with Gasteiger partial charge in [0.25, 0.3) is 10.0 Å². The van der Waals surface area contributed by atoms with Gasteiger partial charge in [0, 0.05) is 7.05 Å². The maximum absolute atomic E-state index is 11.9. The lowest BCUT2D eigenvalue weighted by molar-refractivity contribution is -0.118. The van der Waals surface area contributed by atoms with Gasteiger partial charge in [0.1, 0.15) is 4.21 Å². The number of hydrogen-bond donors (Lipinski definition) is 1. The van der Waals surface area contributed by atoms with Crippen LogP contribution in [0.3, 0.4) is 0 Å². The van der Waals surface area contributed by atoms with Crippen molar-refractivity contribution < 1.29 is 13.2 Å². The minimum atomic E-state index is -3.70. The smallest absolute Gasteiger partial charge is 0.252 e. The lowest BCUT2D eigenvalue weighted by Gasteiger charge is -2.13. The molecule has 1 heterocycles. The molecule has 1 amide bonds. The second-order valence-corrected chi connectivity index (χ2v) is 7.96. The van der Waals surface area contributed by atoms with Crippen LogP contribution in [0.2, 0.25) is 5.02 Å². The molecule has 16 heavy (non-hydrogen) atoms. The molecule has 0 atom stereocenters. The summed E-state index contributed by atoms with van der Waals surface area (Å²) in [7, 11) is -2.42. The molecule has 0 saturated heterocycles. The van der Waals surface area contributed by atoms with E-state index in [0.717, 1.165) is 15.6 Å². The summed E-state index contributed by atoms with van der Waals surface area (Å²) in [5.41, 5.74) is 4.93. The quantitative estimate of drug-likeness (QED) is 0.890. The highest BCUT2D eigenvalue weighted by Gasteiger charge is 2.25. The van der Waals surface area contributed by atoms with E-state index in [1.54, 1.807) is 0 Å². The fraction of sp³-hybridized carbons (Fsp3) is 0.286. The number of hydrogen-bond acceptors (Lipinski definition) is 4. The minimum Gasteiger partial charge on any atom is -0.369 e. The molecule has 90 valence electrons. The van der Waals surface area contributed by atoms with E-state index >= 15 is 0 Å². The van der Waals surface area contributed by atoms with Crippen LogP contribution in [0.1, 0.15) is 0 Å². The number of likely N-dealkylation sites (N-methyl/N-ethyl adjacent to an activating group) is 1. The van der Waals surface area contributed by atoms with Gasteiger partial charge < -0.3 is 5.73 Å². The molecule has 1 aromatic heterocycles. The Balaban J connectivity index is 3.06. The molecule has 0 unspecified atom stereocenters. The van der Waals surface area contributed by atoms with Gasteiger partial charge in [-0.1, -0.05) is 11.6 Å². The van der Waals surface area contributed by atoms with Crippen LogP contribution in [0.5, 0.6) is 0 Å². The number of halogens is 2. The fourth-order valence-electron chi connectivity index (χ4n) is 0.912. The first kappa shape index (κ1) is 13.9. The lowest BCUT2D eigenvalue weighted by Crippen LogP contribution is -2.34. The first-order valence-electron chi connectivity index (χ1n) is 3.94. The number of carbonyl (C=O) groups is 1. The van der Waals surface area contributed by atoms with Crippen molar-refractivity contribution in [2.45, 2.75) is 4.21 Å². The molecule has 0 radical (unpaired) electrons. The monoisotopic (exact) mass is 346 g/mol. The van der Waals surface area contributed by atoms with Crippen molar-refractivity contribution >= 4 is 54.8 Å². The SMILES string of the molecule is CN(CC(N)=O)S(=O)(=O)c1cc(Cl)c(Br)s1. The van der Waals surface area contributed by atoms with Gasteiger partial charge in [-0.25, -0.2) is 8.42 Å². The molecule has 0 aromatic carbocycles. The van der Waals surface area contributed by atoms with Gasteiger partial charge in [0.15, 0.2) is 0 Å². The van der Waals surface area contributed by atoms with Gasteiger partial charge in [-0.05, 0) is 22.0 Å². The molecular weight excluding hydrogens is 340 g/mol. The zero-order valence-corrected chi connectivity index (χ0v) is 12.1. The van der Waals surface area contributed by atoms with E-state index < -0.39 is 15.9 Å². The average molecular weight is 348 g/mol. The largest absolute Gasteiger partial charge is 0.369 e. The van der Waals surface area contributed by atoms with Crippen LogP contribution in [0.25, 0.3) is 0 Å². The van der Waals surface area contributed by atoms with Crippen LogP contribution in [-0.2, 0) is 14.8 Å². The predicted molar refractivity (Wildman–Crippen MR) is 66.0 cm³/mol. The number of primary amides is 1. The molecule has 0 aliphatic carbocycles. The highest BCUT2D eigenvalue weighted by atomic mass is 79.9. The van der Waals surface area contributed by atoms with Crippen molar-refractivity contribution in [3.63, 3.8) is 0 Å². The Labute approximate surface area is 110 Å². The molecule has 2 N–H and O–H groups in total. The second kappa shape index (κ2) is 5.01. The number of thiophene rings is 1. The van der Waals surface area contributed by atoms with E-state index in [1.165, 1.54) is 13.1 Å². The lowest BCUT2D eigenvalue weighted by atomic mass is 10.6. The molecule has 1 aromatic rings. The number of nitrogens with zero attached hydrogens (tertiary/aromatic N) is 1. The third kappa shape index (κ3) is 2.95. The van der Waals surface area contributed by atoms with Crippen LogP contribution in [0, 0.1) is 0 Å². The van der Waals surface area contributed by atoms with E-state index in [-0.39, 0.29) is 10.8 Å². The fourth-order valence-corrected chi connectivity index (χ4v) is 4.66. The summed E-state index contributed by atoms with van der Waals surface area (Å²) < 4.78 is 25.2. The summed E-state index contributed by atoms with van der Waals surface area (Å²) in [4.78, 5) is 10.6. The second-order valence-electron chi connectivity index (χ2n) is 2.91. The van der Waals surface area contributed by atoms with Crippen molar-refractivity contribution in [2.24, 2.45) is 5.73 Å². The van der Waals surface area contributed by atoms with Gasteiger partial charge >= 0.3 is 0 Å². The summed E-state index contributed by atoms with van der Waals surface area (Å²) in [6.07, 6.45) is 0. The highest BCUT2D eigenvalue weighted by molar-refractivity contribution is 9.11. The molecular formula is C7H8BrClN2O3S2. The molecule has 9 heteroatoms. The average Bonchev–Trinajstić information content (AvgIpc) is 2.46. The molecule has 0 aliphatic heterocycles. The van der Waals surface area contributed by atoms with E-state index in [1.807, 2.05) is 0 Å². The van der Waals surface area contributed by atoms with Crippen molar-refractivity contribution in [1.29, 1.82) is 0 Å². The topological polar surface area (TPSA) is 80.5 Å². The maximum atomic E-state index is 11.9. The third-order valence-electron chi connectivity index (χ3n) is 1.67. The minimum absolute atomic E-state index is 0.0631. The number of nitrogens with two attached hydrogens (primary N) is 1. The van der Waals surface area contributed by atoms with Crippen LogP contribution >= 0.6 is 38.9 Å². The van der Waals surface area contributed by atoms with E-state index in [2.05, 4.69) is 15.9 Å². The Bertz CT molecular complexity index is 494. The molecule has 0 spiro atoms. The van der Waals surface area contributed by atoms with Crippen LogP contribution < -0.4 is 5.73 Å². The summed E-state index contributed by atoms with van der Waals surface area (Å²) >= 11 is 9.83. The summed E-state index contributed by atoms with van der Waals surface area (Å²) in [6.45, 7) is -0.366. The first-order valence-corrected chi connectivity index (χ1v) is 7.37. The van der Waals surface area contributed by atoms with Gasteiger partial charge in [0.05, 0.1) is 15.4 Å². The molecule has 5 nitrogen and oxygen atoms in total. The molecule has 0 aliphatic rings. The number of rotatable bonds is 4. The van der Waals surface area contributed by atoms with E-state index in [0.29, 0.717) is 8.81 Å². The maximum Gasteiger partial charge on any atom is 0.252 e.